The van der Waals surface area contributed by atoms with Gasteiger partial charge in [0.1, 0.15) is 0 Å². The Morgan fingerprint density at radius 2 is 2.27 bits per heavy atom. The zero-order valence-electron chi connectivity index (χ0n) is 8.39. The summed E-state index contributed by atoms with van der Waals surface area (Å²) in [6.45, 7) is 0. The first-order chi connectivity index (χ1) is 7.27. The number of rotatable bonds is 0. The van der Waals surface area contributed by atoms with Crippen LogP contribution in [0.1, 0.15) is 30.1 Å². The number of aromatic nitrogens is 1. The number of aromatic amines is 1. The molecule has 3 rings (SSSR count). The van der Waals surface area contributed by atoms with Crippen molar-refractivity contribution in [2.24, 2.45) is 5.73 Å². The molecular weight excluding hydrogens is 252 g/mol. The number of para-hydroxylation sites is 1. The van der Waals surface area contributed by atoms with Gasteiger partial charge in [-0.05, 0) is 46.8 Å². The first kappa shape index (κ1) is 9.43. The Kier molecular flexibility index (Phi) is 2.11. The van der Waals surface area contributed by atoms with E-state index in [4.69, 9.17) is 5.73 Å². The van der Waals surface area contributed by atoms with Crippen LogP contribution in [0, 0.1) is 0 Å². The highest BCUT2D eigenvalue weighted by molar-refractivity contribution is 9.10. The second-order valence-corrected chi connectivity index (χ2v) is 5.03. The lowest BCUT2D eigenvalue weighted by Crippen LogP contribution is -2.16. The topological polar surface area (TPSA) is 41.8 Å². The Bertz CT molecular complexity index is 516. The van der Waals surface area contributed by atoms with Crippen molar-refractivity contribution in [3.63, 3.8) is 0 Å². The van der Waals surface area contributed by atoms with Gasteiger partial charge in [0.2, 0.25) is 0 Å². The van der Waals surface area contributed by atoms with Crippen molar-refractivity contribution in [3.8, 4) is 0 Å². The standard InChI is InChI=1S/C12H13BrN2/c13-8-4-1-3-7-11-9(14)5-2-6-10(11)15-12(7)8/h1,3-4,9,15H,2,5-6,14H2. The van der Waals surface area contributed by atoms with E-state index in [2.05, 4.69) is 39.1 Å². The fourth-order valence-corrected chi connectivity index (χ4v) is 2.99. The Labute approximate surface area is 97.0 Å². The summed E-state index contributed by atoms with van der Waals surface area (Å²) in [6, 6.07) is 6.50. The molecule has 1 aliphatic rings. The molecule has 3 heteroatoms. The molecule has 0 bridgehead atoms. The fraction of sp³-hybridized carbons (Fsp3) is 0.333. The zero-order chi connectivity index (χ0) is 10.4. The van der Waals surface area contributed by atoms with Gasteiger partial charge in [-0.3, -0.25) is 0 Å². The van der Waals surface area contributed by atoms with Crippen molar-refractivity contribution >= 4 is 26.8 Å². The number of H-pyrrole nitrogens is 1. The van der Waals surface area contributed by atoms with Crippen LogP contribution >= 0.6 is 15.9 Å². The monoisotopic (exact) mass is 264 g/mol. The van der Waals surface area contributed by atoms with Crippen LogP contribution < -0.4 is 5.73 Å². The van der Waals surface area contributed by atoms with E-state index < -0.39 is 0 Å². The third kappa shape index (κ3) is 1.34. The molecule has 0 amide bonds. The molecule has 1 aromatic heterocycles. The summed E-state index contributed by atoms with van der Waals surface area (Å²) in [6.07, 6.45) is 3.43. The third-order valence-electron chi connectivity index (χ3n) is 3.22. The highest BCUT2D eigenvalue weighted by atomic mass is 79.9. The van der Waals surface area contributed by atoms with Crippen LogP contribution in [0.2, 0.25) is 0 Å². The number of fused-ring (bicyclic) bond motifs is 3. The Balaban J connectivity index is 2.36. The lowest BCUT2D eigenvalue weighted by molar-refractivity contribution is 0.569. The number of aryl methyl sites for hydroxylation is 1. The molecule has 3 N–H and O–H groups in total. The molecule has 2 aromatic rings. The zero-order valence-corrected chi connectivity index (χ0v) is 9.97. The van der Waals surface area contributed by atoms with E-state index >= 15 is 0 Å². The van der Waals surface area contributed by atoms with Gasteiger partial charge in [-0.15, -0.1) is 0 Å². The molecule has 78 valence electrons. The van der Waals surface area contributed by atoms with Crippen LogP contribution in [0.25, 0.3) is 10.9 Å². The second kappa shape index (κ2) is 3.35. The number of hydrogen-bond acceptors (Lipinski definition) is 1. The number of nitrogens with one attached hydrogen (secondary N) is 1. The maximum Gasteiger partial charge on any atom is 0.0603 e. The van der Waals surface area contributed by atoms with Gasteiger partial charge in [-0.2, -0.15) is 0 Å². The minimum absolute atomic E-state index is 0.205. The van der Waals surface area contributed by atoms with Gasteiger partial charge in [0.05, 0.1) is 5.52 Å². The van der Waals surface area contributed by atoms with Crippen LogP contribution in [0.3, 0.4) is 0 Å². The minimum Gasteiger partial charge on any atom is -0.357 e. The lowest BCUT2D eigenvalue weighted by atomic mass is 9.91. The van der Waals surface area contributed by atoms with E-state index in [0.717, 1.165) is 17.3 Å². The van der Waals surface area contributed by atoms with Crippen molar-refractivity contribution in [2.75, 3.05) is 0 Å². The smallest absolute Gasteiger partial charge is 0.0603 e. The maximum atomic E-state index is 6.17. The minimum atomic E-state index is 0.205. The summed E-state index contributed by atoms with van der Waals surface area (Å²) in [4.78, 5) is 3.49. The van der Waals surface area contributed by atoms with Crippen LogP contribution in [0.5, 0.6) is 0 Å². The Hall–Kier alpha value is -0.800. The summed E-state index contributed by atoms with van der Waals surface area (Å²) in [5.74, 6) is 0. The number of nitrogens with two attached hydrogens (primary N) is 1. The third-order valence-corrected chi connectivity index (χ3v) is 3.88. The molecule has 0 spiro atoms. The molecule has 1 heterocycles. The largest absolute Gasteiger partial charge is 0.357 e. The van der Waals surface area contributed by atoms with E-state index in [0.29, 0.717) is 0 Å². The van der Waals surface area contributed by atoms with E-state index in [9.17, 15) is 0 Å². The van der Waals surface area contributed by atoms with Gasteiger partial charge in [0.25, 0.3) is 0 Å². The first-order valence-electron chi connectivity index (χ1n) is 5.32. The highest BCUT2D eigenvalue weighted by Gasteiger charge is 2.22. The van der Waals surface area contributed by atoms with E-state index in [1.165, 1.54) is 28.6 Å². The molecule has 0 saturated heterocycles. The molecule has 0 saturated carbocycles. The first-order valence-corrected chi connectivity index (χ1v) is 6.11. The maximum absolute atomic E-state index is 6.17. The molecule has 1 unspecified atom stereocenters. The average molecular weight is 265 g/mol. The van der Waals surface area contributed by atoms with Gasteiger partial charge >= 0.3 is 0 Å². The molecule has 15 heavy (non-hydrogen) atoms. The Morgan fingerprint density at radius 3 is 3.13 bits per heavy atom. The molecule has 1 aliphatic carbocycles. The van der Waals surface area contributed by atoms with Gasteiger partial charge in [-0.1, -0.05) is 12.1 Å². The second-order valence-electron chi connectivity index (χ2n) is 4.18. The number of benzene rings is 1. The predicted molar refractivity (Wildman–Crippen MR) is 65.9 cm³/mol. The summed E-state index contributed by atoms with van der Waals surface area (Å²) in [5.41, 5.74) is 10.0. The average Bonchev–Trinajstić information content (AvgIpc) is 2.59. The van der Waals surface area contributed by atoms with Crippen LogP contribution in [0.4, 0.5) is 0 Å². The number of halogens is 1. The summed E-state index contributed by atoms with van der Waals surface area (Å²) in [5, 5.41) is 1.28. The van der Waals surface area contributed by atoms with Gasteiger partial charge in [0.15, 0.2) is 0 Å². The molecular formula is C12H13BrN2. The van der Waals surface area contributed by atoms with Crippen molar-refractivity contribution in [1.82, 2.24) is 4.98 Å². The summed E-state index contributed by atoms with van der Waals surface area (Å²) < 4.78 is 1.13. The quantitative estimate of drug-likeness (QED) is 0.754. The van der Waals surface area contributed by atoms with Crippen LogP contribution in [-0.2, 0) is 6.42 Å². The lowest BCUT2D eigenvalue weighted by Gasteiger charge is -2.18. The van der Waals surface area contributed by atoms with E-state index in [1.807, 2.05) is 0 Å². The van der Waals surface area contributed by atoms with Crippen molar-refractivity contribution in [1.29, 1.82) is 0 Å². The van der Waals surface area contributed by atoms with Crippen LogP contribution in [0.15, 0.2) is 22.7 Å². The molecule has 1 aromatic carbocycles. The van der Waals surface area contributed by atoms with Crippen molar-refractivity contribution in [3.05, 3.63) is 33.9 Å². The summed E-state index contributed by atoms with van der Waals surface area (Å²) in [7, 11) is 0. The molecule has 0 radical (unpaired) electrons. The van der Waals surface area contributed by atoms with Crippen molar-refractivity contribution in [2.45, 2.75) is 25.3 Å². The molecule has 1 atom stereocenters. The number of hydrogen-bond donors (Lipinski definition) is 2. The normalized spacial score (nSPS) is 20.5. The van der Waals surface area contributed by atoms with Crippen LogP contribution in [-0.4, -0.2) is 4.98 Å². The van der Waals surface area contributed by atoms with Gasteiger partial charge in [-0.25, -0.2) is 0 Å². The van der Waals surface area contributed by atoms with E-state index in [1.54, 1.807) is 0 Å². The Morgan fingerprint density at radius 1 is 1.40 bits per heavy atom. The fourth-order valence-electron chi connectivity index (χ4n) is 2.52. The van der Waals surface area contributed by atoms with Gasteiger partial charge in [0, 0.05) is 21.6 Å². The van der Waals surface area contributed by atoms with Crippen molar-refractivity contribution < 1.29 is 0 Å². The van der Waals surface area contributed by atoms with E-state index in [-0.39, 0.29) is 6.04 Å². The summed E-state index contributed by atoms with van der Waals surface area (Å²) >= 11 is 3.57. The predicted octanol–water partition coefficient (Wildman–Crippen LogP) is 3.27. The molecule has 2 nitrogen and oxygen atoms in total. The SMILES string of the molecule is NC1CCCc2[nH]c3c(Br)cccc3c21. The highest BCUT2D eigenvalue weighted by Crippen LogP contribution is 2.36. The molecule has 0 fully saturated rings. The van der Waals surface area contributed by atoms with Gasteiger partial charge < -0.3 is 10.7 Å². The molecule has 0 aliphatic heterocycles.